The molecule has 0 saturated carbocycles. The molecule has 2 heterocycles. The van der Waals surface area contributed by atoms with Gasteiger partial charge in [-0.1, -0.05) is 6.07 Å². The minimum Gasteiger partial charge on any atom is -0.454 e. The van der Waals surface area contributed by atoms with E-state index in [0.29, 0.717) is 6.79 Å². The van der Waals surface area contributed by atoms with Gasteiger partial charge in [0.15, 0.2) is 11.5 Å². The Bertz CT molecular complexity index is 435. The molecule has 92 valence electrons. The Balaban J connectivity index is 1.97. The van der Waals surface area contributed by atoms with Crippen LogP contribution in [0.5, 0.6) is 11.5 Å². The van der Waals surface area contributed by atoms with Crippen molar-refractivity contribution in [2.45, 2.75) is 12.5 Å². The molecule has 1 aromatic rings. The molecule has 0 aliphatic carbocycles. The van der Waals surface area contributed by atoms with Crippen LogP contribution in [0.4, 0.5) is 0 Å². The molecule has 1 saturated heterocycles. The largest absolute Gasteiger partial charge is 0.454 e. The Morgan fingerprint density at radius 2 is 2.12 bits per heavy atom. The number of nitrogens with one attached hydrogen (secondary N) is 1. The number of hydrogen-bond donors (Lipinski definition) is 1. The highest BCUT2D eigenvalue weighted by Gasteiger charge is 2.34. The summed E-state index contributed by atoms with van der Waals surface area (Å²) in [5.74, 6) is 1.71. The molecule has 1 N–H and O–H groups in total. The standard InChI is InChI=1S/C13H18N2O2/c1-13(8-14-5-6-15(13)2)10-3-4-11-12(7-10)17-9-16-11/h3-4,7,14H,5-6,8-9H2,1-2H3. The van der Waals surface area contributed by atoms with E-state index in [4.69, 9.17) is 9.47 Å². The number of nitrogens with zero attached hydrogens (tertiary/aromatic N) is 1. The summed E-state index contributed by atoms with van der Waals surface area (Å²) in [6.45, 7) is 5.67. The summed E-state index contributed by atoms with van der Waals surface area (Å²) < 4.78 is 10.8. The van der Waals surface area contributed by atoms with Crippen molar-refractivity contribution in [1.82, 2.24) is 10.2 Å². The average Bonchev–Trinajstić information content (AvgIpc) is 2.80. The van der Waals surface area contributed by atoms with Crippen LogP contribution in [0.1, 0.15) is 12.5 Å². The van der Waals surface area contributed by atoms with Gasteiger partial charge in [-0.05, 0) is 31.7 Å². The van der Waals surface area contributed by atoms with E-state index in [1.165, 1.54) is 5.56 Å². The fourth-order valence-corrected chi connectivity index (χ4v) is 2.51. The van der Waals surface area contributed by atoms with Crippen LogP contribution >= 0.6 is 0 Å². The predicted octanol–water partition coefficient (Wildman–Crippen LogP) is 1.17. The van der Waals surface area contributed by atoms with Gasteiger partial charge in [0.1, 0.15) is 0 Å². The molecular weight excluding hydrogens is 216 g/mol. The van der Waals surface area contributed by atoms with Crippen LogP contribution in [0.2, 0.25) is 0 Å². The first kappa shape index (κ1) is 10.9. The van der Waals surface area contributed by atoms with Crippen molar-refractivity contribution in [1.29, 1.82) is 0 Å². The molecule has 17 heavy (non-hydrogen) atoms. The highest BCUT2D eigenvalue weighted by atomic mass is 16.7. The summed E-state index contributed by atoms with van der Waals surface area (Å²) in [5.41, 5.74) is 1.30. The second-order valence-corrected chi connectivity index (χ2v) is 4.94. The highest BCUT2D eigenvalue weighted by molar-refractivity contribution is 5.46. The van der Waals surface area contributed by atoms with Gasteiger partial charge in [-0.25, -0.2) is 0 Å². The first-order valence-electron chi connectivity index (χ1n) is 6.02. The Labute approximate surface area is 102 Å². The van der Waals surface area contributed by atoms with E-state index in [-0.39, 0.29) is 5.54 Å². The lowest BCUT2D eigenvalue weighted by molar-refractivity contribution is 0.104. The minimum absolute atomic E-state index is 0.0270. The number of likely N-dealkylation sites (N-methyl/N-ethyl adjacent to an activating group) is 1. The Morgan fingerprint density at radius 3 is 2.94 bits per heavy atom. The average molecular weight is 234 g/mol. The predicted molar refractivity (Wildman–Crippen MR) is 65.4 cm³/mol. The van der Waals surface area contributed by atoms with Gasteiger partial charge in [0.2, 0.25) is 6.79 Å². The zero-order valence-corrected chi connectivity index (χ0v) is 10.3. The third kappa shape index (κ3) is 1.68. The van der Waals surface area contributed by atoms with Crippen LogP contribution in [0.25, 0.3) is 0 Å². The summed E-state index contributed by atoms with van der Waals surface area (Å²) in [5, 5.41) is 3.46. The van der Waals surface area contributed by atoms with Gasteiger partial charge < -0.3 is 14.8 Å². The third-order valence-corrected chi connectivity index (χ3v) is 3.93. The van der Waals surface area contributed by atoms with Crippen molar-refractivity contribution >= 4 is 0 Å². The number of benzene rings is 1. The second kappa shape index (κ2) is 3.89. The molecule has 0 radical (unpaired) electrons. The zero-order chi connectivity index (χ0) is 11.9. The fraction of sp³-hybridized carbons (Fsp3) is 0.538. The zero-order valence-electron chi connectivity index (χ0n) is 10.3. The van der Waals surface area contributed by atoms with Crippen molar-refractivity contribution in [2.75, 3.05) is 33.5 Å². The smallest absolute Gasteiger partial charge is 0.231 e. The van der Waals surface area contributed by atoms with Crippen molar-refractivity contribution in [3.63, 3.8) is 0 Å². The van der Waals surface area contributed by atoms with Crippen LogP contribution < -0.4 is 14.8 Å². The van der Waals surface area contributed by atoms with E-state index in [2.05, 4.69) is 36.3 Å². The molecule has 0 aromatic heterocycles. The van der Waals surface area contributed by atoms with Gasteiger partial charge >= 0.3 is 0 Å². The topological polar surface area (TPSA) is 33.7 Å². The van der Waals surface area contributed by atoms with Gasteiger partial charge in [-0.3, -0.25) is 4.90 Å². The number of hydrogen-bond acceptors (Lipinski definition) is 4. The molecule has 0 bridgehead atoms. The van der Waals surface area contributed by atoms with E-state index in [1.807, 2.05) is 6.07 Å². The first-order valence-corrected chi connectivity index (χ1v) is 6.02. The molecule has 1 atom stereocenters. The second-order valence-electron chi connectivity index (χ2n) is 4.94. The van der Waals surface area contributed by atoms with Crippen LogP contribution in [-0.2, 0) is 5.54 Å². The molecule has 1 fully saturated rings. The molecule has 1 unspecified atom stereocenters. The van der Waals surface area contributed by atoms with E-state index >= 15 is 0 Å². The first-order chi connectivity index (χ1) is 8.20. The number of piperazine rings is 1. The molecule has 4 heteroatoms. The SMILES string of the molecule is CN1CCNCC1(C)c1ccc2c(c1)OCO2. The number of fused-ring (bicyclic) bond motifs is 1. The van der Waals surface area contributed by atoms with Crippen LogP contribution in [0, 0.1) is 0 Å². The van der Waals surface area contributed by atoms with Crippen molar-refractivity contribution < 1.29 is 9.47 Å². The van der Waals surface area contributed by atoms with E-state index in [0.717, 1.165) is 31.1 Å². The maximum absolute atomic E-state index is 5.45. The lowest BCUT2D eigenvalue weighted by atomic mass is 9.88. The normalized spacial score (nSPS) is 28.4. The van der Waals surface area contributed by atoms with Crippen LogP contribution in [0.3, 0.4) is 0 Å². The minimum atomic E-state index is 0.0270. The van der Waals surface area contributed by atoms with Crippen molar-refractivity contribution in [3.8, 4) is 11.5 Å². The van der Waals surface area contributed by atoms with Gasteiger partial charge in [-0.15, -0.1) is 0 Å². The summed E-state index contributed by atoms with van der Waals surface area (Å²) >= 11 is 0. The highest BCUT2D eigenvalue weighted by Crippen LogP contribution is 2.37. The van der Waals surface area contributed by atoms with Crippen LogP contribution in [0.15, 0.2) is 18.2 Å². The molecule has 0 amide bonds. The monoisotopic (exact) mass is 234 g/mol. The quantitative estimate of drug-likeness (QED) is 0.791. The summed E-state index contributed by atoms with van der Waals surface area (Å²) in [4.78, 5) is 2.39. The molecule has 1 aromatic carbocycles. The molecular formula is C13H18N2O2. The maximum Gasteiger partial charge on any atom is 0.231 e. The maximum atomic E-state index is 5.45. The third-order valence-electron chi connectivity index (χ3n) is 3.93. The van der Waals surface area contributed by atoms with Gasteiger partial charge in [-0.2, -0.15) is 0 Å². The molecule has 2 aliphatic heterocycles. The van der Waals surface area contributed by atoms with Crippen LogP contribution in [-0.4, -0.2) is 38.4 Å². The molecule has 0 spiro atoms. The summed E-state index contributed by atoms with van der Waals surface area (Å²) in [6.07, 6.45) is 0. The summed E-state index contributed by atoms with van der Waals surface area (Å²) in [6, 6.07) is 6.24. The number of ether oxygens (including phenoxy) is 2. The molecule has 3 rings (SSSR count). The Hall–Kier alpha value is -1.26. The number of rotatable bonds is 1. The Morgan fingerprint density at radius 1 is 1.29 bits per heavy atom. The molecule has 4 nitrogen and oxygen atoms in total. The molecule has 2 aliphatic rings. The van der Waals surface area contributed by atoms with E-state index < -0.39 is 0 Å². The van der Waals surface area contributed by atoms with Gasteiger partial charge in [0, 0.05) is 19.6 Å². The lowest BCUT2D eigenvalue weighted by Gasteiger charge is -2.43. The van der Waals surface area contributed by atoms with E-state index in [9.17, 15) is 0 Å². The van der Waals surface area contributed by atoms with Crippen molar-refractivity contribution in [3.05, 3.63) is 23.8 Å². The van der Waals surface area contributed by atoms with Gasteiger partial charge in [0.25, 0.3) is 0 Å². The van der Waals surface area contributed by atoms with Gasteiger partial charge in [0.05, 0.1) is 5.54 Å². The lowest BCUT2D eigenvalue weighted by Crippen LogP contribution is -2.55. The Kier molecular flexibility index (Phi) is 2.49. The fourth-order valence-electron chi connectivity index (χ4n) is 2.51. The van der Waals surface area contributed by atoms with Crippen molar-refractivity contribution in [2.24, 2.45) is 0 Å². The summed E-state index contributed by atoms with van der Waals surface area (Å²) in [7, 11) is 2.17. The van der Waals surface area contributed by atoms with E-state index in [1.54, 1.807) is 0 Å².